The van der Waals surface area contributed by atoms with Gasteiger partial charge in [0.1, 0.15) is 23.4 Å². The third kappa shape index (κ3) is 7.48. The van der Waals surface area contributed by atoms with Crippen LogP contribution in [0.3, 0.4) is 0 Å². The largest absolute Gasteiger partial charge is 1.00 e. The maximum Gasteiger partial charge on any atom is 1.00 e. The molecule has 4 aromatic heterocycles. The summed E-state index contributed by atoms with van der Waals surface area (Å²) in [7, 11) is 0. The normalized spacial score (nSPS) is 8.63. The number of H-pyrrole nitrogens is 2. The molecule has 27 heavy (non-hydrogen) atoms. The van der Waals surface area contributed by atoms with Crippen molar-refractivity contribution in [3.63, 3.8) is 0 Å². The van der Waals surface area contributed by atoms with Crippen molar-refractivity contribution in [1.29, 1.82) is 10.5 Å². The van der Waals surface area contributed by atoms with Crippen LogP contribution in [-0.4, -0.2) is 25.4 Å². The van der Waals surface area contributed by atoms with Gasteiger partial charge in [0.05, 0.1) is 11.1 Å². The van der Waals surface area contributed by atoms with E-state index in [2.05, 4.69) is 85.8 Å². The van der Waals surface area contributed by atoms with E-state index in [0.29, 0.717) is 11.1 Å². The van der Waals surface area contributed by atoms with Gasteiger partial charge in [-0.25, -0.2) is 9.97 Å². The summed E-state index contributed by atoms with van der Waals surface area (Å²) < 4.78 is 1.09. The maximum absolute atomic E-state index is 8.62. The molecule has 0 aromatic carbocycles. The Balaban J connectivity index is 0.000000431. The predicted molar refractivity (Wildman–Crippen MR) is 124 cm³/mol. The van der Waals surface area contributed by atoms with E-state index in [1.54, 1.807) is 24.7 Å². The van der Waals surface area contributed by atoms with Crippen LogP contribution in [0.2, 0.25) is 0 Å². The zero-order chi connectivity index (χ0) is 18.2. The number of nitriles is 2. The summed E-state index contributed by atoms with van der Waals surface area (Å²) in [5, 5.41) is 19.1. The zero-order valence-electron chi connectivity index (χ0n) is 13.9. The number of aromatic amines is 2. The van der Waals surface area contributed by atoms with Crippen LogP contribution in [0, 0.1) is 26.2 Å². The molecular weight excluding hydrogens is 712 g/mol. The number of halogens is 3. The molecule has 4 heterocycles. The Morgan fingerprint density at radius 1 is 0.926 bits per heavy atom. The van der Waals surface area contributed by atoms with Gasteiger partial charge < -0.3 is 15.4 Å². The molecule has 0 aliphatic carbocycles. The Hall–Kier alpha value is 0.146. The molecule has 0 aliphatic heterocycles. The SMILES string of the molecule is II.N#Cc1cnc2[nH]cc(I)c2c1.N#Cc1cnc2[nH]ccc2c1.[K+].[OH-]. The molecule has 4 aromatic rings. The fourth-order valence-corrected chi connectivity index (χ4v) is 2.60. The fraction of sp³-hybridized carbons (Fsp3) is 0. The van der Waals surface area contributed by atoms with Crippen molar-refractivity contribution in [2.45, 2.75) is 0 Å². The summed E-state index contributed by atoms with van der Waals surface area (Å²) in [6.45, 7) is 0. The van der Waals surface area contributed by atoms with Gasteiger partial charge in [-0.2, -0.15) is 10.5 Å². The molecule has 4 rings (SSSR count). The van der Waals surface area contributed by atoms with Gasteiger partial charge in [-0.1, -0.05) is 0 Å². The standard InChI is InChI=1S/C8H4IN3.C8H5N3.I2.K.H2O/c9-7-4-12-8-6(7)1-5(2-10)3-11-8;9-4-6-3-7-1-2-10-8(7)11-5-6;1-2;;/h1,3-4H,(H,11,12);1-3,5H,(H,10,11);;;1H2/q;;;+1;/p-1. The van der Waals surface area contributed by atoms with Crippen molar-refractivity contribution < 1.29 is 56.9 Å². The van der Waals surface area contributed by atoms with Gasteiger partial charge in [0, 0.05) is 76.4 Å². The van der Waals surface area contributed by atoms with Gasteiger partial charge in [-0.05, 0) is 40.8 Å². The molecule has 0 fully saturated rings. The topological polar surface area (TPSA) is 135 Å². The summed E-state index contributed by atoms with van der Waals surface area (Å²) >= 11 is 6.45. The van der Waals surface area contributed by atoms with Crippen LogP contribution >= 0.6 is 59.8 Å². The summed E-state index contributed by atoms with van der Waals surface area (Å²) in [4.78, 5) is 14.1. The minimum atomic E-state index is 0. The number of hydrogen-bond acceptors (Lipinski definition) is 5. The van der Waals surface area contributed by atoms with E-state index in [9.17, 15) is 0 Å². The summed E-state index contributed by atoms with van der Waals surface area (Å²) in [6, 6.07) is 9.62. The first-order valence-corrected chi connectivity index (χ1v) is 14.1. The van der Waals surface area contributed by atoms with E-state index in [4.69, 9.17) is 10.5 Å². The second-order valence-corrected chi connectivity index (χ2v) is 5.78. The third-order valence-electron chi connectivity index (χ3n) is 3.14. The number of aromatic nitrogens is 4. The third-order valence-corrected chi connectivity index (χ3v) is 4.03. The molecule has 11 heteroatoms. The quantitative estimate of drug-likeness (QED) is 0.212. The van der Waals surface area contributed by atoms with Gasteiger partial charge in [0.2, 0.25) is 0 Å². The van der Waals surface area contributed by atoms with Crippen LogP contribution in [0.5, 0.6) is 0 Å². The van der Waals surface area contributed by atoms with E-state index in [1.807, 2.05) is 24.4 Å². The number of nitrogens with one attached hydrogen (secondary N) is 2. The molecule has 7 nitrogen and oxygen atoms in total. The first-order valence-electron chi connectivity index (χ1n) is 6.71. The Morgan fingerprint density at radius 2 is 1.52 bits per heavy atom. The molecule has 0 aliphatic rings. The number of rotatable bonds is 0. The zero-order valence-corrected chi connectivity index (χ0v) is 23.5. The van der Waals surface area contributed by atoms with Crippen molar-refractivity contribution in [3.05, 3.63) is 57.7 Å². The van der Waals surface area contributed by atoms with E-state index in [0.717, 1.165) is 25.6 Å². The van der Waals surface area contributed by atoms with Gasteiger partial charge in [0.15, 0.2) is 0 Å². The van der Waals surface area contributed by atoms with Crippen LogP contribution in [0.15, 0.2) is 43.0 Å². The average molecular weight is 722 g/mol. The average Bonchev–Trinajstić information content (AvgIpc) is 3.29. The molecule has 3 N–H and O–H groups in total. The first-order chi connectivity index (χ1) is 12.2. The van der Waals surface area contributed by atoms with Gasteiger partial charge in [-0.15, -0.1) is 0 Å². The Morgan fingerprint density at radius 3 is 2.15 bits per heavy atom. The smallest absolute Gasteiger partial charge is 0.870 e. The molecule has 0 saturated heterocycles. The molecule has 0 bridgehead atoms. The summed E-state index contributed by atoms with van der Waals surface area (Å²) in [5.74, 6) is 0. The van der Waals surface area contributed by atoms with Crippen molar-refractivity contribution in [3.8, 4) is 12.1 Å². The summed E-state index contributed by atoms with van der Waals surface area (Å²) in [6.07, 6.45) is 6.80. The maximum atomic E-state index is 8.62. The number of hydrogen-bond donors (Lipinski definition) is 2. The van der Waals surface area contributed by atoms with Gasteiger partial charge in [-0.3, -0.25) is 0 Å². The second-order valence-electron chi connectivity index (χ2n) is 4.62. The van der Waals surface area contributed by atoms with Crippen molar-refractivity contribution >= 4 is 81.9 Å². The molecular formula is C16H10I3KN6O. The Kier molecular flexibility index (Phi) is 14.3. The Labute approximate surface area is 234 Å². The second kappa shape index (κ2) is 14.2. The number of nitrogens with zero attached hydrogens (tertiary/aromatic N) is 4. The fourth-order valence-electron chi connectivity index (χ4n) is 2.03. The van der Waals surface area contributed by atoms with E-state index in [1.165, 1.54) is 0 Å². The van der Waals surface area contributed by atoms with Crippen LogP contribution in [0.1, 0.15) is 11.1 Å². The minimum Gasteiger partial charge on any atom is -0.870 e. The molecule has 0 saturated carbocycles. The van der Waals surface area contributed by atoms with Crippen LogP contribution in [-0.2, 0) is 0 Å². The van der Waals surface area contributed by atoms with Gasteiger partial charge in [0.25, 0.3) is 0 Å². The molecule has 0 atom stereocenters. The summed E-state index contributed by atoms with van der Waals surface area (Å²) in [5.41, 5.74) is 2.85. The van der Waals surface area contributed by atoms with Crippen LogP contribution in [0.4, 0.5) is 0 Å². The molecule has 0 spiro atoms. The van der Waals surface area contributed by atoms with Gasteiger partial charge >= 0.3 is 51.4 Å². The first kappa shape index (κ1) is 27.1. The van der Waals surface area contributed by atoms with Crippen LogP contribution < -0.4 is 51.4 Å². The predicted octanol–water partition coefficient (Wildman–Crippen LogP) is 2.07. The monoisotopic (exact) mass is 722 g/mol. The molecule has 0 amide bonds. The van der Waals surface area contributed by atoms with Crippen LogP contribution in [0.25, 0.3) is 22.1 Å². The van der Waals surface area contributed by atoms with Crippen molar-refractivity contribution in [1.82, 2.24) is 19.9 Å². The molecule has 0 unspecified atom stereocenters. The molecule has 132 valence electrons. The van der Waals surface area contributed by atoms with E-state index < -0.39 is 0 Å². The van der Waals surface area contributed by atoms with Crippen molar-refractivity contribution in [2.75, 3.05) is 0 Å². The Bertz CT molecular complexity index is 1080. The van der Waals surface area contributed by atoms with E-state index in [-0.39, 0.29) is 56.9 Å². The van der Waals surface area contributed by atoms with E-state index >= 15 is 0 Å². The number of fused-ring (bicyclic) bond motifs is 2. The number of pyridine rings is 2. The molecule has 0 radical (unpaired) electrons. The van der Waals surface area contributed by atoms with Crippen molar-refractivity contribution in [2.24, 2.45) is 0 Å². The minimum absolute atomic E-state index is 0.